The van der Waals surface area contributed by atoms with E-state index in [2.05, 4.69) is 16.4 Å². The number of ether oxygens (including phenoxy) is 1. The molecule has 6 heteroatoms. The van der Waals surface area contributed by atoms with Gasteiger partial charge >= 0.3 is 5.97 Å². The lowest BCUT2D eigenvalue weighted by Gasteiger charge is -2.26. The summed E-state index contributed by atoms with van der Waals surface area (Å²) in [5, 5.41) is 14.9. The van der Waals surface area contributed by atoms with Crippen LogP contribution < -0.4 is 10.1 Å². The van der Waals surface area contributed by atoms with Crippen LogP contribution in [-0.2, 0) is 11.2 Å². The number of aliphatic carboxylic acids is 1. The quantitative estimate of drug-likeness (QED) is 0.888. The Morgan fingerprint density at radius 3 is 3.19 bits per heavy atom. The average Bonchev–Trinajstić information content (AvgIpc) is 2.93. The van der Waals surface area contributed by atoms with Crippen molar-refractivity contribution in [3.8, 4) is 5.75 Å². The maximum absolute atomic E-state index is 10.6. The second-order valence-electron chi connectivity index (χ2n) is 4.91. The number of anilines is 1. The fourth-order valence-electron chi connectivity index (χ4n) is 2.36. The number of aromatic nitrogens is 1. The van der Waals surface area contributed by atoms with Crippen LogP contribution in [-0.4, -0.2) is 22.7 Å². The van der Waals surface area contributed by atoms with Gasteiger partial charge in [0.1, 0.15) is 5.75 Å². The number of carboxylic acid groups (broad SMARTS) is 1. The molecule has 3 rings (SSSR count). The molecule has 0 saturated heterocycles. The molecule has 1 aromatic heterocycles. The number of thiazole rings is 1. The molecule has 0 spiro atoms. The van der Waals surface area contributed by atoms with Crippen LogP contribution in [0.2, 0.25) is 0 Å². The van der Waals surface area contributed by atoms with E-state index in [0.29, 0.717) is 13.0 Å². The molecule has 21 heavy (non-hydrogen) atoms. The summed E-state index contributed by atoms with van der Waals surface area (Å²) in [7, 11) is 0. The summed E-state index contributed by atoms with van der Waals surface area (Å²) in [6.07, 6.45) is 1.47. The van der Waals surface area contributed by atoms with Crippen molar-refractivity contribution in [1.82, 2.24) is 4.98 Å². The molecule has 1 aromatic carbocycles. The number of nitrogens with one attached hydrogen (secondary N) is 1. The molecule has 1 aliphatic heterocycles. The van der Waals surface area contributed by atoms with Crippen LogP contribution in [0.5, 0.6) is 5.75 Å². The smallest absolute Gasteiger partial charge is 0.303 e. The first-order chi connectivity index (χ1) is 10.2. The number of benzene rings is 1. The van der Waals surface area contributed by atoms with Gasteiger partial charge in [0, 0.05) is 23.8 Å². The standard InChI is InChI=1S/C15H16N2O3S/c18-14(19)6-5-10-9-21-15(16-10)17-12-7-8-20-13-4-2-1-3-11(12)13/h1-4,9,12H,5-8H2,(H,16,17)(H,18,19). The van der Waals surface area contributed by atoms with E-state index in [0.717, 1.165) is 28.6 Å². The maximum Gasteiger partial charge on any atom is 0.303 e. The summed E-state index contributed by atoms with van der Waals surface area (Å²) < 4.78 is 5.64. The Balaban J connectivity index is 1.69. The van der Waals surface area contributed by atoms with Crippen molar-refractivity contribution in [2.75, 3.05) is 11.9 Å². The Morgan fingerprint density at radius 2 is 2.33 bits per heavy atom. The van der Waals surface area contributed by atoms with E-state index in [1.54, 1.807) is 0 Å². The molecule has 1 aliphatic rings. The van der Waals surface area contributed by atoms with Crippen LogP contribution in [0.3, 0.4) is 0 Å². The molecule has 0 fully saturated rings. The van der Waals surface area contributed by atoms with Gasteiger partial charge in [0.25, 0.3) is 0 Å². The SMILES string of the molecule is O=C(O)CCc1csc(NC2CCOc3ccccc32)n1. The minimum Gasteiger partial charge on any atom is -0.493 e. The minimum atomic E-state index is -0.795. The van der Waals surface area contributed by atoms with E-state index in [9.17, 15) is 4.79 Å². The molecule has 0 amide bonds. The first-order valence-electron chi connectivity index (χ1n) is 6.87. The van der Waals surface area contributed by atoms with E-state index in [-0.39, 0.29) is 12.5 Å². The van der Waals surface area contributed by atoms with Crippen molar-refractivity contribution in [1.29, 1.82) is 0 Å². The van der Waals surface area contributed by atoms with Crippen molar-refractivity contribution < 1.29 is 14.6 Å². The van der Waals surface area contributed by atoms with E-state index in [1.165, 1.54) is 11.3 Å². The van der Waals surface area contributed by atoms with Gasteiger partial charge in [0.05, 0.1) is 24.8 Å². The van der Waals surface area contributed by atoms with Crippen molar-refractivity contribution in [3.05, 3.63) is 40.9 Å². The molecule has 0 saturated carbocycles. The van der Waals surface area contributed by atoms with Gasteiger partial charge in [0.2, 0.25) is 0 Å². The first kappa shape index (κ1) is 13.9. The molecule has 2 aromatic rings. The Labute approximate surface area is 126 Å². The first-order valence-corrected chi connectivity index (χ1v) is 7.75. The predicted octanol–water partition coefficient (Wildman–Crippen LogP) is 3.10. The zero-order chi connectivity index (χ0) is 14.7. The van der Waals surface area contributed by atoms with Crippen LogP contribution in [0.25, 0.3) is 0 Å². The monoisotopic (exact) mass is 304 g/mol. The number of aryl methyl sites for hydroxylation is 1. The van der Waals surface area contributed by atoms with Crippen molar-refractivity contribution in [2.24, 2.45) is 0 Å². The van der Waals surface area contributed by atoms with Gasteiger partial charge in [-0.25, -0.2) is 4.98 Å². The zero-order valence-electron chi connectivity index (χ0n) is 11.4. The predicted molar refractivity (Wildman–Crippen MR) is 81.0 cm³/mol. The van der Waals surface area contributed by atoms with Crippen molar-refractivity contribution in [3.63, 3.8) is 0 Å². The van der Waals surface area contributed by atoms with E-state index < -0.39 is 5.97 Å². The summed E-state index contributed by atoms with van der Waals surface area (Å²) in [6, 6.07) is 8.19. The number of para-hydroxylation sites is 1. The van der Waals surface area contributed by atoms with Gasteiger partial charge in [-0.1, -0.05) is 18.2 Å². The number of fused-ring (bicyclic) bond motifs is 1. The molecular formula is C15H16N2O3S. The molecular weight excluding hydrogens is 288 g/mol. The van der Waals surface area contributed by atoms with Crippen LogP contribution >= 0.6 is 11.3 Å². The third-order valence-electron chi connectivity index (χ3n) is 3.40. The van der Waals surface area contributed by atoms with Crippen molar-refractivity contribution in [2.45, 2.75) is 25.3 Å². The van der Waals surface area contributed by atoms with Crippen LogP contribution in [0.4, 0.5) is 5.13 Å². The Bertz CT molecular complexity index is 641. The number of hydrogen-bond donors (Lipinski definition) is 2. The number of hydrogen-bond acceptors (Lipinski definition) is 5. The highest BCUT2D eigenvalue weighted by Crippen LogP contribution is 2.34. The fourth-order valence-corrected chi connectivity index (χ4v) is 3.16. The third kappa shape index (κ3) is 3.33. The molecule has 0 radical (unpaired) electrons. The number of carboxylic acids is 1. The van der Waals surface area contributed by atoms with Crippen LogP contribution in [0.15, 0.2) is 29.6 Å². The van der Waals surface area contributed by atoms with Gasteiger partial charge in [0.15, 0.2) is 5.13 Å². The molecule has 110 valence electrons. The molecule has 1 unspecified atom stereocenters. The third-order valence-corrected chi connectivity index (χ3v) is 4.23. The molecule has 5 nitrogen and oxygen atoms in total. The highest BCUT2D eigenvalue weighted by atomic mass is 32.1. The fraction of sp³-hybridized carbons (Fsp3) is 0.333. The largest absolute Gasteiger partial charge is 0.493 e. The molecule has 1 atom stereocenters. The van der Waals surface area contributed by atoms with Crippen molar-refractivity contribution >= 4 is 22.4 Å². The Morgan fingerprint density at radius 1 is 1.48 bits per heavy atom. The average molecular weight is 304 g/mol. The zero-order valence-corrected chi connectivity index (χ0v) is 12.2. The van der Waals surface area contributed by atoms with Gasteiger partial charge in [-0.15, -0.1) is 11.3 Å². The van der Waals surface area contributed by atoms with E-state index in [1.807, 2.05) is 23.6 Å². The Hall–Kier alpha value is -2.08. The van der Waals surface area contributed by atoms with E-state index in [4.69, 9.17) is 9.84 Å². The lowest BCUT2D eigenvalue weighted by Crippen LogP contribution is -2.20. The molecule has 2 heterocycles. The minimum absolute atomic E-state index is 0.114. The number of carbonyl (C=O) groups is 1. The summed E-state index contributed by atoms with van der Waals surface area (Å²) in [6.45, 7) is 0.686. The van der Waals surface area contributed by atoms with Crippen LogP contribution in [0, 0.1) is 0 Å². The summed E-state index contributed by atoms with van der Waals surface area (Å²) in [5.41, 5.74) is 1.97. The second-order valence-corrected chi connectivity index (χ2v) is 5.77. The Kier molecular flexibility index (Phi) is 4.06. The highest BCUT2D eigenvalue weighted by molar-refractivity contribution is 7.13. The van der Waals surface area contributed by atoms with Gasteiger partial charge in [-0.05, 0) is 6.07 Å². The normalized spacial score (nSPS) is 16.9. The second kappa shape index (κ2) is 6.13. The highest BCUT2D eigenvalue weighted by Gasteiger charge is 2.21. The molecule has 0 aliphatic carbocycles. The van der Waals surface area contributed by atoms with Gasteiger partial charge in [-0.3, -0.25) is 4.79 Å². The maximum atomic E-state index is 10.6. The number of nitrogens with zero attached hydrogens (tertiary/aromatic N) is 1. The molecule has 0 bridgehead atoms. The summed E-state index contributed by atoms with van der Waals surface area (Å²) in [5.74, 6) is 0.125. The van der Waals surface area contributed by atoms with E-state index >= 15 is 0 Å². The van der Waals surface area contributed by atoms with Crippen LogP contribution in [0.1, 0.15) is 30.1 Å². The summed E-state index contributed by atoms with van der Waals surface area (Å²) in [4.78, 5) is 15.0. The van der Waals surface area contributed by atoms with Gasteiger partial charge < -0.3 is 15.2 Å². The topological polar surface area (TPSA) is 71.5 Å². The summed E-state index contributed by atoms with van der Waals surface area (Å²) >= 11 is 1.51. The molecule has 2 N–H and O–H groups in total. The lowest BCUT2D eigenvalue weighted by atomic mass is 10.0. The lowest BCUT2D eigenvalue weighted by molar-refractivity contribution is -0.136. The number of rotatable bonds is 5. The van der Waals surface area contributed by atoms with Gasteiger partial charge in [-0.2, -0.15) is 0 Å².